The number of hydrogen-bond acceptors (Lipinski definition) is 3. The van der Waals surface area contributed by atoms with Gasteiger partial charge >= 0.3 is 0 Å². The Morgan fingerprint density at radius 2 is 1.70 bits per heavy atom. The summed E-state index contributed by atoms with van der Waals surface area (Å²) < 4.78 is 0. The minimum Gasteiger partial charge on any atom is -0.329 e. The first-order valence-electron chi connectivity index (χ1n) is 8.28. The molecular weight excluding hydrogens is 250 g/mol. The zero-order valence-corrected chi connectivity index (χ0v) is 13.3. The predicted octanol–water partition coefficient (Wildman–Crippen LogP) is 2.44. The Labute approximate surface area is 123 Å². The molecule has 4 nitrogen and oxygen atoms in total. The van der Waals surface area contributed by atoms with Crippen LogP contribution in [0, 0.1) is 11.3 Å². The lowest BCUT2D eigenvalue weighted by Gasteiger charge is -2.43. The maximum absolute atomic E-state index is 12.8. The molecule has 0 aromatic heterocycles. The molecule has 1 saturated carbocycles. The van der Waals surface area contributed by atoms with E-state index in [4.69, 9.17) is 5.73 Å². The molecule has 1 saturated heterocycles. The third-order valence-corrected chi connectivity index (χ3v) is 5.53. The first kappa shape index (κ1) is 15.8. The highest BCUT2D eigenvalue weighted by molar-refractivity contribution is 5.82. The van der Waals surface area contributed by atoms with Crippen molar-refractivity contribution in [1.29, 1.82) is 0 Å². The Kier molecular flexibility index (Phi) is 5.08. The molecule has 2 rings (SSSR count). The van der Waals surface area contributed by atoms with Crippen LogP contribution in [0.2, 0.25) is 0 Å². The van der Waals surface area contributed by atoms with Gasteiger partial charge in [-0.2, -0.15) is 0 Å². The summed E-state index contributed by atoms with van der Waals surface area (Å²) in [5, 5.41) is 2.17. The van der Waals surface area contributed by atoms with E-state index < -0.39 is 0 Å². The second-order valence-corrected chi connectivity index (χ2v) is 7.14. The van der Waals surface area contributed by atoms with Gasteiger partial charge in [0.2, 0.25) is 5.91 Å². The number of nitrogens with two attached hydrogens (primary N) is 1. The highest BCUT2D eigenvalue weighted by Crippen LogP contribution is 2.38. The second-order valence-electron chi connectivity index (χ2n) is 7.14. The number of nitrogens with zero attached hydrogens (tertiary/aromatic N) is 1. The molecule has 20 heavy (non-hydrogen) atoms. The summed E-state index contributed by atoms with van der Waals surface area (Å²) in [5.41, 5.74) is 8.86. The fourth-order valence-corrected chi connectivity index (χ4v) is 3.72. The van der Waals surface area contributed by atoms with Crippen molar-refractivity contribution in [1.82, 2.24) is 10.4 Å². The van der Waals surface area contributed by atoms with Crippen LogP contribution < -0.4 is 11.2 Å². The molecule has 1 heterocycles. The van der Waals surface area contributed by atoms with Crippen molar-refractivity contribution in [3.63, 3.8) is 0 Å². The van der Waals surface area contributed by atoms with Crippen LogP contribution in [-0.4, -0.2) is 29.5 Å². The molecule has 2 aliphatic rings. The quantitative estimate of drug-likeness (QED) is 0.835. The zero-order chi connectivity index (χ0) is 14.8. The van der Waals surface area contributed by atoms with Gasteiger partial charge in [-0.15, -0.1) is 0 Å². The van der Waals surface area contributed by atoms with Crippen molar-refractivity contribution in [2.45, 2.75) is 77.8 Å². The molecule has 0 bridgehead atoms. The maximum atomic E-state index is 12.8. The number of rotatable bonds is 3. The van der Waals surface area contributed by atoms with E-state index in [1.807, 2.05) is 0 Å². The van der Waals surface area contributed by atoms with Gasteiger partial charge in [0.1, 0.15) is 0 Å². The van der Waals surface area contributed by atoms with E-state index in [2.05, 4.69) is 31.2 Å². The zero-order valence-electron chi connectivity index (χ0n) is 13.3. The number of carbonyl (C=O) groups is 1. The molecule has 0 radical (unpaired) electrons. The third kappa shape index (κ3) is 3.17. The highest BCUT2D eigenvalue weighted by atomic mass is 16.2. The second kappa shape index (κ2) is 6.44. The SMILES string of the molecule is CC1CCC(CN)(C(=O)NN2C(C)CCCC2C)CC1. The van der Waals surface area contributed by atoms with Gasteiger partial charge in [0, 0.05) is 18.6 Å². The van der Waals surface area contributed by atoms with Crippen LogP contribution in [0.5, 0.6) is 0 Å². The Morgan fingerprint density at radius 1 is 1.15 bits per heavy atom. The van der Waals surface area contributed by atoms with Crippen molar-refractivity contribution in [2.75, 3.05) is 6.54 Å². The van der Waals surface area contributed by atoms with Crippen molar-refractivity contribution >= 4 is 5.91 Å². The van der Waals surface area contributed by atoms with E-state index in [-0.39, 0.29) is 11.3 Å². The van der Waals surface area contributed by atoms with Crippen LogP contribution in [-0.2, 0) is 4.79 Å². The van der Waals surface area contributed by atoms with E-state index in [0.717, 1.165) is 44.4 Å². The molecular formula is C16H31N3O. The number of piperidine rings is 1. The number of carbonyl (C=O) groups excluding carboxylic acids is 1. The first-order chi connectivity index (χ1) is 9.48. The maximum Gasteiger partial charge on any atom is 0.241 e. The van der Waals surface area contributed by atoms with E-state index in [0.29, 0.717) is 18.6 Å². The molecule has 116 valence electrons. The van der Waals surface area contributed by atoms with Gasteiger partial charge in [0.15, 0.2) is 0 Å². The Hall–Kier alpha value is -0.610. The first-order valence-corrected chi connectivity index (χ1v) is 8.28. The molecule has 0 spiro atoms. The van der Waals surface area contributed by atoms with E-state index in [1.165, 1.54) is 6.42 Å². The topological polar surface area (TPSA) is 58.4 Å². The molecule has 4 heteroatoms. The summed E-state index contributed by atoms with van der Waals surface area (Å²) in [4.78, 5) is 12.8. The third-order valence-electron chi connectivity index (χ3n) is 5.53. The van der Waals surface area contributed by atoms with Crippen molar-refractivity contribution in [2.24, 2.45) is 17.1 Å². The average molecular weight is 281 g/mol. The molecule has 1 aliphatic carbocycles. The molecule has 0 aromatic carbocycles. The lowest BCUT2D eigenvalue weighted by Crippen LogP contribution is -2.59. The number of nitrogens with one attached hydrogen (secondary N) is 1. The van der Waals surface area contributed by atoms with Gasteiger partial charge in [0.05, 0.1) is 5.41 Å². The molecule has 2 fully saturated rings. The van der Waals surface area contributed by atoms with Crippen LogP contribution in [0.4, 0.5) is 0 Å². The number of amides is 1. The minimum absolute atomic E-state index is 0.160. The predicted molar refractivity (Wildman–Crippen MR) is 81.9 cm³/mol. The van der Waals surface area contributed by atoms with Crippen LogP contribution >= 0.6 is 0 Å². The van der Waals surface area contributed by atoms with Gasteiger partial charge in [-0.1, -0.05) is 13.3 Å². The van der Waals surface area contributed by atoms with E-state index >= 15 is 0 Å². The summed E-state index contributed by atoms with van der Waals surface area (Å²) in [6.07, 6.45) is 7.70. The molecule has 0 aromatic rings. The van der Waals surface area contributed by atoms with Gasteiger partial charge in [0.25, 0.3) is 0 Å². The number of hydrogen-bond donors (Lipinski definition) is 2. The average Bonchev–Trinajstić information content (AvgIpc) is 2.44. The molecule has 2 atom stereocenters. The molecule has 1 aliphatic heterocycles. The van der Waals surface area contributed by atoms with E-state index in [9.17, 15) is 4.79 Å². The number of hydrazine groups is 1. The van der Waals surface area contributed by atoms with Gasteiger partial charge in [-0.25, -0.2) is 5.01 Å². The van der Waals surface area contributed by atoms with E-state index in [1.54, 1.807) is 0 Å². The summed E-state index contributed by atoms with van der Waals surface area (Å²) >= 11 is 0. The summed E-state index contributed by atoms with van der Waals surface area (Å²) in [6, 6.07) is 0.861. The standard InChI is InChI=1S/C16H31N3O/c1-12-7-9-16(11-17,10-8-12)15(20)18-19-13(2)5-4-6-14(19)3/h12-14H,4-11,17H2,1-3H3,(H,18,20). The fourth-order valence-electron chi connectivity index (χ4n) is 3.72. The highest BCUT2D eigenvalue weighted by Gasteiger charge is 2.41. The smallest absolute Gasteiger partial charge is 0.241 e. The Bertz CT molecular complexity index is 327. The fraction of sp³-hybridized carbons (Fsp3) is 0.938. The Morgan fingerprint density at radius 3 is 2.20 bits per heavy atom. The van der Waals surface area contributed by atoms with Crippen LogP contribution in [0.3, 0.4) is 0 Å². The lowest BCUT2D eigenvalue weighted by molar-refractivity contribution is -0.141. The van der Waals surface area contributed by atoms with Gasteiger partial charge in [-0.05, 0) is 58.3 Å². The Balaban J connectivity index is 2.02. The summed E-state index contributed by atoms with van der Waals surface area (Å²) in [5.74, 6) is 0.891. The van der Waals surface area contributed by atoms with Gasteiger partial charge < -0.3 is 5.73 Å². The van der Waals surface area contributed by atoms with Gasteiger partial charge in [-0.3, -0.25) is 10.2 Å². The van der Waals surface area contributed by atoms with Crippen LogP contribution in [0.15, 0.2) is 0 Å². The normalized spacial score (nSPS) is 39.5. The van der Waals surface area contributed by atoms with Crippen molar-refractivity contribution < 1.29 is 4.79 Å². The van der Waals surface area contributed by atoms with Crippen molar-refractivity contribution in [3.8, 4) is 0 Å². The summed E-state index contributed by atoms with van der Waals surface area (Å²) in [7, 11) is 0. The lowest BCUT2D eigenvalue weighted by atomic mass is 9.70. The van der Waals surface area contributed by atoms with Crippen molar-refractivity contribution in [3.05, 3.63) is 0 Å². The monoisotopic (exact) mass is 281 g/mol. The molecule has 2 unspecified atom stereocenters. The summed E-state index contributed by atoms with van der Waals surface area (Å²) in [6.45, 7) is 7.15. The molecule has 3 N–H and O–H groups in total. The largest absolute Gasteiger partial charge is 0.329 e. The van der Waals surface area contributed by atoms with Crippen LogP contribution in [0.25, 0.3) is 0 Å². The minimum atomic E-state index is -0.330. The molecule has 1 amide bonds. The van der Waals surface area contributed by atoms with Crippen LogP contribution in [0.1, 0.15) is 65.7 Å².